The zero-order chi connectivity index (χ0) is 32.5. The molecule has 5 aliphatic heterocycles. The van der Waals surface area contributed by atoms with Crippen LogP contribution in [0.2, 0.25) is 5.02 Å². The van der Waals surface area contributed by atoms with Gasteiger partial charge in [0.25, 0.3) is 0 Å². The van der Waals surface area contributed by atoms with Crippen LogP contribution in [0.15, 0.2) is 30.8 Å². The van der Waals surface area contributed by atoms with Crippen LogP contribution in [0.3, 0.4) is 0 Å². The van der Waals surface area contributed by atoms with Gasteiger partial charge in [-0.2, -0.15) is 15.1 Å². The number of nitrogens with one attached hydrogen (secondary N) is 2. The molecular formula is C32H33ClF2N8O4. The Bertz CT molecular complexity index is 1940. The van der Waals surface area contributed by atoms with Crippen molar-refractivity contribution in [3.63, 3.8) is 0 Å². The second-order valence-electron chi connectivity index (χ2n) is 13.2. The summed E-state index contributed by atoms with van der Waals surface area (Å²) in [5.41, 5.74) is -0.520. The molecule has 3 atom stereocenters. The van der Waals surface area contributed by atoms with Crippen LogP contribution in [-0.2, 0) is 4.74 Å². The van der Waals surface area contributed by atoms with Crippen LogP contribution in [0, 0.1) is 5.82 Å². The number of aromatic nitrogens is 5. The van der Waals surface area contributed by atoms with Crippen molar-refractivity contribution in [1.82, 2.24) is 35.4 Å². The second-order valence-corrected chi connectivity index (χ2v) is 13.6. The molecule has 0 unspecified atom stereocenters. The summed E-state index contributed by atoms with van der Waals surface area (Å²) in [5.74, 6) is -0.194. The van der Waals surface area contributed by atoms with Gasteiger partial charge in [0.05, 0.1) is 38.8 Å². The largest absolute Gasteiger partial charge is 0.461 e. The number of H-pyrrole nitrogens is 1. The van der Waals surface area contributed by atoms with Crippen molar-refractivity contribution in [2.45, 2.75) is 56.3 Å². The van der Waals surface area contributed by atoms with E-state index in [1.54, 1.807) is 6.07 Å². The number of hydrogen-bond donors (Lipinski definition) is 2. The number of pyridine rings is 1. The molecule has 8 heterocycles. The number of aromatic amines is 1. The van der Waals surface area contributed by atoms with Gasteiger partial charge in [-0.15, -0.1) is 0 Å². The number of anilines is 1. The summed E-state index contributed by atoms with van der Waals surface area (Å²) >= 11 is 6.67. The summed E-state index contributed by atoms with van der Waals surface area (Å²) in [4.78, 5) is 31.0. The first-order valence-electron chi connectivity index (χ1n) is 15.7. The first-order chi connectivity index (χ1) is 22.6. The van der Waals surface area contributed by atoms with E-state index < -0.39 is 29.2 Å². The molecule has 246 valence electrons. The molecule has 0 spiro atoms. The van der Waals surface area contributed by atoms with E-state index in [4.69, 9.17) is 30.8 Å². The van der Waals surface area contributed by atoms with Gasteiger partial charge in [0.1, 0.15) is 35.6 Å². The monoisotopic (exact) mass is 666 g/mol. The lowest BCUT2D eigenvalue weighted by atomic mass is 9.91. The molecule has 47 heavy (non-hydrogen) atoms. The Labute approximate surface area is 273 Å². The molecule has 0 saturated carbocycles. The molecular weight excluding hydrogens is 634 g/mol. The standard InChI is InChI=1S/C32H33ClF2N8O4/c1-17-14-45-30(44)40-31(2)5-3-7-42(15-31)28-20-11-36-26(23-19-12-37-41-22(19)9-21(33)27(23)47-17)24(35)25(20)38-29(39-28)46-16-32-6-4-8-43(32)13-18(34)10-32/h9,11-12,18H,1,3-8,10,13-16H2,2H3,(H,37,41)(H,40,44)/t18-,31-,32+/m1/s1. The highest BCUT2D eigenvalue weighted by atomic mass is 35.5. The highest BCUT2D eigenvalue weighted by Gasteiger charge is 2.49. The minimum Gasteiger partial charge on any atom is -0.461 e. The fraction of sp³-hybridized carbons (Fsp3) is 0.469. The number of carbonyl (C=O) groups is 1. The third-order valence-corrected chi connectivity index (χ3v) is 10.1. The number of piperidine rings is 1. The number of ether oxygens (including phenoxy) is 3. The van der Waals surface area contributed by atoms with Crippen LogP contribution < -0.4 is 19.7 Å². The fourth-order valence-corrected chi connectivity index (χ4v) is 7.89. The Morgan fingerprint density at radius 3 is 2.94 bits per heavy atom. The van der Waals surface area contributed by atoms with Gasteiger partial charge in [0, 0.05) is 37.6 Å². The van der Waals surface area contributed by atoms with Gasteiger partial charge in [-0.05, 0) is 45.2 Å². The van der Waals surface area contributed by atoms with Gasteiger partial charge >= 0.3 is 12.1 Å². The smallest absolute Gasteiger partial charge is 0.408 e. The summed E-state index contributed by atoms with van der Waals surface area (Å²) in [7, 11) is 0. The number of rotatable bonds is 3. The lowest BCUT2D eigenvalue weighted by Crippen LogP contribution is -2.57. The zero-order valence-corrected chi connectivity index (χ0v) is 26.5. The summed E-state index contributed by atoms with van der Waals surface area (Å²) in [6.45, 7) is 7.83. The quantitative estimate of drug-likeness (QED) is 0.297. The highest BCUT2D eigenvalue weighted by molar-refractivity contribution is 6.33. The Balaban J connectivity index is 1.31. The molecule has 0 aliphatic carbocycles. The van der Waals surface area contributed by atoms with Gasteiger partial charge < -0.3 is 24.4 Å². The Morgan fingerprint density at radius 2 is 2.06 bits per heavy atom. The summed E-state index contributed by atoms with van der Waals surface area (Å²) in [6, 6.07) is 1.57. The normalized spacial score (nSPS) is 26.4. The summed E-state index contributed by atoms with van der Waals surface area (Å²) < 4.78 is 49.3. The van der Waals surface area contributed by atoms with Crippen molar-refractivity contribution in [3.8, 4) is 23.0 Å². The van der Waals surface area contributed by atoms with E-state index in [9.17, 15) is 9.18 Å². The molecule has 9 rings (SSSR count). The first-order valence-corrected chi connectivity index (χ1v) is 16.1. The average Bonchev–Trinajstić information content (AvgIpc) is 3.73. The molecule has 1 aromatic carbocycles. The van der Waals surface area contributed by atoms with Crippen molar-refractivity contribution < 1.29 is 27.8 Å². The second kappa shape index (κ2) is 11.2. The van der Waals surface area contributed by atoms with Gasteiger partial charge in [-0.1, -0.05) is 18.2 Å². The molecule has 6 bridgehead atoms. The van der Waals surface area contributed by atoms with E-state index in [-0.39, 0.29) is 52.5 Å². The number of alkyl halides is 1. The minimum atomic E-state index is -0.930. The number of fused-ring (bicyclic) bond motifs is 8. The molecule has 15 heteroatoms. The van der Waals surface area contributed by atoms with Crippen LogP contribution in [0.4, 0.5) is 19.4 Å². The molecule has 4 aromatic rings. The SMILES string of the molecule is C=C1COC(=O)N[C@]2(C)CCCN(C2)c2nc(OC[C@@]34CCCN3C[C@H](F)C4)nc3c(F)c(ncc23)-c2c(c(Cl)cc3[nH]ncc23)O1. The molecule has 3 saturated heterocycles. The van der Waals surface area contributed by atoms with Gasteiger partial charge in [-0.3, -0.25) is 15.0 Å². The number of alkyl carbamates (subject to hydrolysis) is 1. The van der Waals surface area contributed by atoms with Crippen molar-refractivity contribution >= 4 is 45.3 Å². The summed E-state index contributed by atoms with van der Waals surface area (Å²) in [5, 5.41) is 10.9. The molecule has 0 radical (unpaired) electrons. The molecule has 5 aliphatic rings. The van der Waals surface area contributed by atoms with E-state index >= 15 is 4.39 Å². The predicted molar refractivity (Wildman–Crippen MR) is 170 cm³/mol. The lowest BCUT2D eigenvalue weighted by molar-refractivity contribution is 0.107. The van der Waals surface area contributed by atoms with Crippen LogP contribution in [0.1, 0.15) is 39.0 Å². The Morgan fingerprint density at radius 1 is 1.21 bits per heavy atom. The molecule has 3 aromatic heterocycles. The van der Waals surface area contributed by atoms with Gasteiger partial charge in [0.15, 0.2) is 18.2 Å². The average molecular weight is 667 g/mol. The van der Waals surface area contributed by atoms with Crippen molar-refractivity contribution in [1.29, 1.82) is 0 Å². The van der Waals surface area contributed by atoms with Gasteiger partial charge in [0.2, 0.25) is 0 Å². The van der Waals surface area contributed by atoms with Crippen molar-refractivity contribution in [3.05, 3.63) is 41.6 Å². The molecule has 1 amide bonds. The number of carbonyl (C=O) groups excluding carboxylic acids is 1. The molecule has 3 fully saturated rings. The number of hydrogen-bond acceptors (Lipinski definition) is 10. The van der Waals surface area contributed by atoms with Crippen LogP contribution in [0.5, 0.6) is 11.8 Å². The minimum absolute atomic E-state index is 0.0151. The maximum Gasteiger partial charge on any atom is 0.408 e. The van der Waals surface area contributed by atoms with E-state index in [0.717, 1.165) is 19.4 Å². The fourth-order valence-electron chi connectivity index (χ4n) is 7.65. The van der Waals surface area contributed by atoms with Crippen LogP contribution >= 0.6 is 11.6 Å². The number of amides is 1. The number of nitrogens with zero attached hydrogens (tertiary/aromatic N) is 6. The Kier molecular flexibility index (Phi) is 7.13. The first kappa shape index (κ1) is 30.1. The maximum atomic E-state index is 17.0. The maximum absolute atomic E-state index is 17.0. The topological polar surface area (TPSA) is 131 Å². The van der Waals surface area contributed by atoms with E-state index in [1.807, 2.05) is 11.8 Å². The number of halogens is 3. The van der Waals surface area contributed by atoms with Crippen LogP contribution in [-0.4, -0.2) is 92.8 Å². The highest BCUT2D eigenvalue weighted by Crippen LogP contribution is 2.45. The number of benzene rings is 1. The van der Waals surface area contributed by atoms with Gasteiger partial charge in [-0.25, -0.2) is 13.6 Å². The Hall–Kier alpha value is -4.30. The third kappa shape index (κ3) is 5.17. The predicted octanol–water partition coefficient (Wildman–Crippen LogP) is 5.31. The molecule has 2 N–H and O–H groups in total. The van der Waals surface area contributed by atoms with Crippen molar-refractivity contribution in [2.75, 3.05) is 44.3 Å². The van der Waals surface area contributed by atoms with Crippen LogP contribution in [0.25, 0.3) is 33.1 Å². The molecule has 12 nitrogen and oxygen atoms in total. The van der Waals surface area contributed by atoms with E-state index in [0.29, 0.717) is 61.0 Å². The lowest BCUT2D eigenvalue weighted by Gasteiger charge is -2.41. The van der Waals surface area contributed by atoms with Crippen molar-refractivity contribution in [2.24, 2.45) is 0 Å². The third-order valence-electron chi connectivity index (χ3n) is 9.77. The summed E-state index contributed by atoms with van der Waals surface area (Å²) in [6.07, 6.45) is 4.97. The van der Waals surface area contributed by atoms with E-state index in [1.165, 1.54) is 12.4 Å². The van der Waals surface area contributed by atoms with E-state index in [2.05, 4.69) is 37.0 Å². The zero-order valence-electron chi connectivity index (χ0n) is 25.7.